The van der Waals surface area contributed by atoms with Gasteiger partial charge in [0.25, 0.3) is 5.56 Å². The normalized spacial score (nSPS) is 10.8. The molecule has 3 rings (SSSR count). The Morgan fingerprint density at radius 3 is 2.56 bits per heavy atom. The molecular weight excluding hydrogens is 344 g/mol. The number of nitrogens with zero attached hydrogens (tertiary/aromatic N) is 2. The number of aromatic nitrogens is 3. The second-order valence-corrected chi connectivity index (χ2v) is 5.78. The number of nitrogens with one attached hydrogen (secondary N) is 2. The molecule has 0 saturated heterocycles. The molecule has 0 unspecified atom stereocenters. The maximum absolute atomic E-state index is 12.3. The molecule has 0 radical (unpaired) electrons. The minimum absolute atomic E-state index is 0.0251. The van der Waals surface area contributed by atoms with Gasteiger partial charge >= 0.3 is 5.69 Å². The Morgan fingerprint density at radius 2 is 1.92 bits per heavy atom. The van der Waals surface area contributed by atoms with E-state index < -0.39 is 11.2 Å². The third-order valence-corrected chi connectivity index (χ3v) is 4.09. The molecule has 2 heterocycles. The Morgan fingerprint density at radius 1 is 1.20 bits per heavy atom. The van der Waals surface area contributed by atoms with E-state index in [2.05, 4.69) is 15.0 Å². The van der Waals surface area contributed by atoms with E-state index in [0.29, 0.717) is 24.0 Å². The highest BCUT2D eigenvalue weighted by Gasteiger charge is 2.18. The van der Waals surface area contributed by atoms with Crippen molar-refractivity contribution in [2.24, 2.45) is 0 Å². The van der Waals surface area contributed by atoms with Crippen molar-refractivity contribution in [2.75, 3.05) is 6.61 Å². The maximum Gasteiger partial charge on any atom is 0.327 e. The van der Waals surface area contributed by atoms with Crippen LogP contribution in [-0.4, -0.2) is 26.7 Å². The number of H-pyrrole nitrogens is 2. The lowest BCUT2D eigenvalue weighted by Gasteiger charge is -2.10. The van der Waals surface area contributed by atoms with Gasteiger partial charge in [-0.3, -0.25) is 14.8 Å². The van der Waals surface area contributed by atoms with Crippen molar-refractivity contribution in [3.8, 4) is 17.2 Å². The van der Waals surface area contributed by atoms with Crippen LogP contribution in [0.25, 0.3) is 22.2 Å². The van der Waals surface area contributed by atoms with E-state index in [1.54, 1.807) is 12.1 Å². The van der Waals surface area contributed by atoms with Crippen molar-refractivity contribution in [1.29, 1.82) is 5.26 Å². The Kier molecular flexibility index (Phi) is 4.65. The van der Waals surface area contributed by atoms with E-state index in [4.69, 9.17) is 16.7 Å². The number of pyridine rings is 1. The highest BCUT2D eigenvalue weighted by Crippen LogP contribution is 2.32. The first-order valence-electron chi connectivity index (χ1n) is 7.51. The van der Waals surface area contributed by atoms with Crippen molar-refractivity contribution < 1.29 is 5.11 Å². The molecule has 0 aliphatic heterocycles. The molecule has 0 aliphatic carbocycles. The SMILES string of the molecule is N#Cc1c(Cl)nc2[nH]c(=O)[nH]c(=O)c2c1-c1ccc(CCCO)cc1. The van der Waals surface area contributed by atoms with Crippen LogP contribution in [0.3, 0.4) is 0 Å². The summed E-state index contributed by atoms with van der Waals surface area (Å²) in [5.74, 6) is 0. The zero-order chi connectivity index (χ0) is 18.0. The second-order valence-electron chi connectivity index (χ2n) is 5.42. The molecule has 126 valence electrons. The fourth-order valence-corrected chi connectivity index (χ4v) is 2.91. The third kappa shape index (κ3) is 3.18. The molecule has 3 N–H and O–H groups in total. The molecule has 0 fully saturated rings. The number of hydrogen-bond acceptors (Lipinski definition) is 5. The lowest BCUT2D eigenvalue weighted by Crippen LogP contribution is -2.23. The predicted molar refractivity (Wildman–Crippen MR) is 93.6 cm³/mol. The van der Waals surface area contributed by atoms with Gasteiger partial charge in [-0.1, -0.05) is 35.9 Å². The first-order valence-corrected chi connectivity index (χ1v) is 7.89. The number of halogens is 1. The summed E-state index contributed by atoms with van der Waals surface area (Å²) in [5.41, 5.74) is 0.699. The maximum atomic E-state index is 12.3. The van der Waals surface area contributed by atoms with Crippen LogP contribution >= 0.6 is 11.6 Å². The Bertz CT molecular complexity index is 1090. The van der Waals surface area contributed by atoms with Gasteiger partial charge in [0.2, 0.25) is 0 Å². The molecular formula is C17H13ClN4O3. The van der Waals surface area contributed by atoms with E-state index in [9.17, 15) is 14.9 Å². The number of aromatic amines is 2. The van der Waals surface area contributed by atoms with Gasteiger partial charge in [0.05, 0.1) is 10.9 Å². The van der Waals surface area contributed by atoms with Crippen molar-refractivity contribution >= 4 is 22.6 Å². The number of rotatable bonds is 4. The van der Waals surface area contributed by atoms with Gasteiger partial charge in [0, 0.05) is 12.2 Å². The average molecular weight is 357 g/mol. The van der Waals surface area contributed by atoms with Crippen LogP contribution in [-0.2, 0) is 6.42 Å². The summed E-state index contributed by atoms with van der Waals surface area (Å²) in [5, 5.41) is 18.4. The standard InChI is InChI=1S/C17H13ClN4O3/c18-14-11(8-19)12(10-5-3-9(4-6-10)2-1-7-23)13-15(20-14)21-17(25)22-16(13)24/h3-6,23H,1-2,7H2,(H2,20,21,22,24,25). The van der Waals surface area contributed by atoms with Crippen LogP contribution in [0.4, 0.5) is 0 Å². The molecule has 0 bridgehead atoms. The number of hydrogen-bond donors (Lipinski definition) is 3. The Hall–Kier alpha value is -2.95. The topological polar surface area (TPSA) is 123 Å². The summed E-state index contributed by atoms with van der Waals surface area (Å²) in [7, 11) is 0. The van der Waals surface area contributed by atoms with Gasteiger partial charge in [-0.25, -0.2) is 9.78 Å². The van der Waals surface area contributed by atoms with Gasteiger partial charge in [0.15, 0.2) is 0 Å². The Labute approximate surface area is 146 Å². The van der Waals surface area contributed by atoms with Crippen molar-refractivity contribution in [3.63, 3.8) is 0 Å². The lowest BCUT2D eigenvalue weighted by atomic mass is 9.97. The molecule has 3 aromatic rings. The quantitative estimate of drug-likeness (QED) is 0.614. The number of aryl methyl sites for hydroxylation is 1. The molecule has 0 saturated carbocycles. The number of nitriles is 1. The first kappa shape index (κ1) is 16.9. The zero-order valence-electron chi connectivity index (χ0n) is 13.0. The highest BCUT2D eigenvalue weighted by atomic mass is 35.5. The first-order chi connectivity index (χ1) is 12.0. The Balaban J connectivity index is 2.29. The van der Waals surface area contributed by atoms with Crippen LogP contribution in [0.2, 0.25) is 5.15 Å². The number of benzene rings is 1. The molecule has 2 aromatic heterocycles. The van der Waals surface area contributed by atoms with Crippen LogP contribution in [0.15, 0.2) is 33.9 Å². The van der Waals surface area contributed by atoms with Crippen LogP contribution in [0, 0.1) is 11.3 Å². The molecule has 0 amide bonds. The molecule has 0 aliphatic rings. The smallest absolute Gasteiger partial charge is 0.327 e. The third-order valence-electron chi connectivity index (χ3n) is 3.82. The minimum Gasteiger partial charge on any atom is -0.396 e. The summed E-state index contributed by atoms with van der Waals surface area (Å²) in [6, 6.07) is 9.21. The highest BCUT2D eigenvalue weighted by molar-refractivity contribution is 6.31. The van der Waals surface area contributed by atoms with Gasteiger partial charge in [-0.15, -0.1) is 0 Å². The van der Waals surface area contributed by atoms with Crippen LogP contribution < -0.4 is 11.2 Å². The number of fused-ring (bicyclic) bond motifs is 1. The van der Waals surface area contributed by atoms with Gasteiger partial charge < -0.3 is 5.11 Å². The molecule has 25 heavy (non-hydrogen) atoms. The van der Waals surface area contributed by atoms with Crippen LogP contribution in [0.1, 0.15) is 17.5 Å². The van der Waals surface area contributed by atoms with Gasteiger partial charge in [-0.05, 0) is 24.0 Å². The molecule has 8 heteroatoms. The fourth-order valence-electron chi connectivity index (χ4n) is 2.68. The second kappa shape index (κ2) is 6.89. The molecule has 1 aromatic carbocycles. The van der Waals surface area contributed by atoms with Crippen LogP contribution in [0.5, 0.6) is 0 Å². The fraction of sp³-hybridized carbons (Fsp3) is 0.176. The van der Waals surface area contributed by atoms with E-state index in [0.717, 1.165) is 5.56 Å². The summed E-state index contributed by atoms with van der Waals surface area (Å²) in [6.45, 7) is 0.105. The largest absolute Gasteiger partial charge is 0.396 e. The average Bonchev–Trinajstić information content (AvgIpc) is 2.59. The molecule has 0 atom stereocenters. The zero-order valence-corrected chi connectivity index (χ0v) is 13.7. The van der Waals surface area contributed by atoms with Crippen molar-refractivity contribution in [1.82, 2.24) is 15.0 Å². The van der Waals surface area contributed by atoms with E-state index in [-0.39, 0.29) is 28.4 Å². The summed E-state index contributed by atoms with van der Waals surface area (Å²) in [6.07, 6.45) is 1.36. The summed E-state index contributed by atoms with van der Waals surface area (Å²) < 4.78 is 0. The van der Waals surface area contributed by atoms with E-state index in [1.165, 1.54) is 0 Å². The predicted octanol–water partition coefficient (Wildman–Crippen LogP) is 1.73. The van der Waals surface area contributed by atoms with Crippen molar-refractivity contribution in [3.05, 3.63) is 61.4 Å². The summed E-state index contributed by atoms with van der Waals surface area (Å²) in [4.78, 5) is 32.3. The van der Waals surface area contributed by atoms with Gasteiger partial charge in [0.1, 0.15) is 16.9 Å². The van der Waals surface area contributed by atoms with E-state index >= 15 is 0 Å². The molecule has 7 nitrogen and oxygen atoms in total. The van der Waals surface area contributed by atoms with E-state index in [1.807, 2.05) is 18.2 Å². The van der Waals surface area contributed by atoms with Gasteiger partial charge in [-0.2, -0.15) is 5.26 Å². The summed E-state index contributed by atoms with van der Waals surface area (Å²) >= 11 is 6.07. The molecule has 0 spiro atoms. The number of aliphatic hydroxyl groups is 1. The monoisotopic (exact) mass is 356 g/mol. The van der Waals surface area contributed by atoms with Crippen molar-refractivity contribution in [2.45, 2.75) is 12.8 Å². The minimum atomic E-state index is -0.698. The number of aliphatic hydroxyl groups excluding tert-OH is 1. The lowest BCUT2D eigenvalue weighted by molar-refractivity contribution is 0.288.